The lowest BCUT2D eigenvalue weighted by Crippen LogP contribution is -2.59. The van der Waals surface area contributed by atoms with Crippen LogP contribution < -0.4 is 5.32 Å². The Hall–Kier alpha value is -1.76. The fourth-order valence-electron chi connectivity index (χ4n) is 2.88. The van der Waals surface area contributed by atoms with Gasteiger partial charge >= 0.3 is 0 Å². The van der Waals surface area contributed by atoms with Gasteiger partial charge in [-0.2, -0.15) is 0 Å². The first kappa shape index (κ1) is 15.1. The summed E-state index contributed by atoms with van der Waals surface area (Å²) in [7, 11) is 1.73. The predicted octanol–water partition coefficient (Wildman–Crippen LogP) is 1.55. The highest BCUT2D eigenvalue weighted by Gasteiger charge is 2.41. The van der Waals surface area contributed by atoms with Crippen LogP contribution in [0.15, 0.2) is 36.7 Å². The first-order chi connectivity index (χ1) is 10.8. The molecule has 0 aliphatic heterocycles. The standard InChI is InChI=1S/C16H22N4O2/c1-3-22-14-9-13(16(14)21-2)17-10-15-19-18-11-20(15)12-7-5-4-6-8-12/h4-8,11,13-14,16-17H,3,9-10H2,1-2H3/t13-,14+,16+/m0/s1. The minimum absolute atomic E-state index is 0.105. The van der Waals surface area contributed by atoms with Gasteiger partial charge in [-0.05, 0) is 25.5 Å². The summed E-state index contributed by atoms with van der Waals surface area (Å²) in [5.74, 6) is 0.890. The summed E-state index contributed by atoms with van der Waals surface area (Å²) in [6, 6.07) is 10.4. The van der Waals surface area contributed by atoms with Crippen LogP contribution in [0.4, 0.5) is 0 Å². The van der Waals surface area contributed by atoms with E-state index in [0.29, 0.717) is 12.6 Å². The molecule has 0 amide bonds. The molecule has 1 saturated carbocycles. The van der Waals surface area contributed by atoms with E-state index in [-0.39, 0.29) is 12.2 Å². The van der Waals surface area contributed by atoms with Gasteiger partial charge in [0.1, 0.15) is 6.33 Å². The second kappa shape index (κ2) is 7.00. The quantitative estimate of drug-likeness (QED) is 0.841. The number of hydrogen-bond donors (Lipinski definition) is 1. The molecule has 0 radical (unpaired) electrons. The van der Waals surface area contributed by atoms with Gasteiger partial charge in [-0.25, -0.2) is 0 Å². The second-order valence-electron chi connectivity index (χ2n) is 5.37. The van der Waals surface area contributed by atoms with E-state index in [0.717, 1.165) is 24.5 Å². The molecule has 3 atom stereocenters. The average Bonchev–Trinajstić information content (AvgIpc) is 3.00. The molecule has 1 fully saturated rings. The van der Waals surface area contributed by atoms with Crippen LogP contribution in [-0.4, -0.2) is 46.7 Å². The minimum Gasteiger partial charge on any atom is -0.377 e. The van der Waals surface area contributed by atoms with Crippen LogP contribution in [0.3, 0.4) is 0 Å². The molecule has 0 saturated heterocycles. The molecule has 6 heteroatoms. The Morgan fingerprint density at radius 3 is 2.86 bits per heavy atom. The van der Waals surface area contributed by atoms with Crippen molar-refractivity contribution in [2.24, 2.45) is 0 Å². The number of nitrogens with one attached hydrogen (secondary N) is 1. The maximum atomic E-state index is 5.64. The van der Waals surface area contributed by atoms with Gasteiger partial charge in [0.25, 0.3) is 0 Å². The molecular weight excluding hydrogens is 280 g/mol. The normalized spacial score (nSPS) is 24.2. The van der Waals surface area contributed by atoms with Crippen LogP contribution in [-0.2, 0) is 16.0 Å². The van der Waals surface area contributed by atoms with E-state index in [1.165, 1.54) is 0 Å². The van der Waals surface area contributed by atoms with Crippen molar-refractivity contribution < 1.29 is 9.47 Å². The number of benzene rings is 1. The summed E-state index contributed by atoms with van der Waals surface area (Å²) >= 11 is 0. The zero-order chi connectivity index (χ0) is 15.4. The third kappa shape index (κ3) is 3.04. The topological polar surface area (TPSA) is 61.2 Å². The third-order valence-electron chi connectivity index (χ3n) is 4.08. The monoisotopic (exact) mass is 302 g/mol. The largest absolute Gasteiger partial charge is 0.377 e. The molecule has 0 spiro atoms. The van der Waals surface area contributed by atoms with Crippen LogP contribution >= 0.6 is 0 Å². The van der Waals surface area contributed by atoms with Gasteiger partial charge in [0.15, 0.2) is 5.82 Å². The molecule has 118 valence electrons. The third-order valence-corrected chi connectivity index (χ3v) is 4.08. The van der Waals surface area contributed by atoms with Crippen LogP contribution in [0.5, 0.6) is 0 Å². The molecule has 2 aromatic rings. The van der Waals surface area contributed by atoms with Gasteiger partial charge < -0.3 is 14.8 Å². The summed E-state index contributed by atoms with van der Waals surface area (Å²) in [6.45, 7) is 3.38. The summed E-state index contributed by atoms with van der Waals surface area (Å²) in [6.07, 6.45) is 3.00. The predicted molar refractivity (Wildman–Crippen MR) is 82.8 cm³/mol. The van der Waals surface area contributed by atoms with Crippen molar-refractivity contribution >= 4 is 0 Å². The van der Waals surface area contributed by atoms with Gasteiger partial charge in [0.05, 0.1) is 18.8 Å². The van der Waals surface area contributed by atoms with Gasteiger partial charge in [0.2, 0.25) is 0 Å². The molecule has 1 aromatic heterocycles. The van der Waals surface area contributed by atoms with Crippen molar-refractivity contribution in [1.29, 1.82) is 0 Å². The van der Waals surface area contributed by atoms with E-state index in [2.05, 4.69) is 15.5 Å². The van der Waals surface area contributed by atoms with E-state index in [9.17, 15) is 0 Å². The maximum Gasteiger partial charge on any atom is 0.151 e. The highest BCUT2D eigenvalue weighted by molar-refractivity contribution is 5.31. The van der Waals surface area contributed by atoms with Crippen molar-refractivity contribution in [3.8, 4) is 5.69 Å². The smallest absolute Gasteiger partial charge is 0.151 e. The highest BCUT2D eigenvalue weighted by atomic mass is 16.5. The first-order valence-electron chi connectivity index (χ1n) is 7.65. The Balaban J connectivity index is 1.60. The Morgan fingerprint density at radius 2 is 2.14 bits per heavy atom. The van der Waals surface area contributed by atoms with Crippen LogP contribution in [0.1, 0.15) is 19.2 Å². The molecule has 3 rings (SSSR count). The maximum absolute atomic E-state index is 5.64. The number of methoxy groups -OCH3 is 1. The SMILES string of the molecule is CCO[C@@H]1C[C@H](NCc2nncn2-c2ccccc2)[C@H]1OC. The van der Waals surface area contributed by atoms with Gasteiger partial charge in [-0.1, -0.05) is 18.2 Å². The van der Waals surface area contributed by atoms with E-state index in [1.54, 1.807) is 13.4 Å². The number of para-hydroxylation sites is 1. The summed E-state index contributed by atoms with van der Waals surface area (Å²) in [5.41, 5.74) is 1.06. The first-order valence-corrected chi connectivity index (χ1v) is 7.65. The zero-order valence-electron chi connectivity index (χ0n) is 13.0. The molecule has 0 bridgehead atoms. The van der Waals surface area contributed by atoms with Crippen molar-refractivity contribution in [3.05, 3.63) is 42.5 Å². The molecule has 6 nitrogen and oxygen atoms in total. The average molecular weight is 302 g/mol. The van der Waals surface area contributed by atoms with Crippen molar-refractivity contribution in [1.82, 2.24) is 20.1 Å². The Kier molecular flexibility index (Phi) is 4.82. The lowest BCUT2D eigenvalue weighted by Gasteiger charge is -2.43. The zero-order valence-corrected chi connectivity index (χ0v) is 13.0. The van der Waals surface area contributed by atoms with E-state index < -0.39 is 0 Å². The number of rotatable bonds is 7. The summed E-state index contributed by atoms with van der Waals surface area (Å²) in [5, 5.41) is 11.7. The van der Waals surface area contributed by atoms with Gasteiger partial charge in [-0.15, -0.1) is 10.2 Å². The fourth-order valence-corrected chi connectivity index (χ4v) is 2.88. The number of aromatic nitrogens is 3. The molecule has 1 aromatic carbocycles. The number of ether oxygens (including phenoxy) is 2. The van der Waals surface area contributed by atoms with Gasteiger partial charge in [0, 0.05) is 25.4 Å². The Morgan fingerprint density at radius 1 is 1.32 bits per heavy atom. The molecule has 1 aliphatic carbocycles. The van der Waals surface area contributed by atoms with E-state index in [1.807, 2.05) is 41.8 Å². The minimum atomic E-state index is 0.105. The molecule has 1 aliphatic rings. The summed E-state index contributed by atoms with van der Waals surface area (Å²) in [4.78, 5) is 0. The van der Waals surface area contributed by atoms with Crippen LogP contribution in [0, 0.1) is 0 Å². The molecular formula is C16H22N4O2. The van der Waals surface area contributed by atoms with E-state index in [4.69, 9.17) is 9.47 Å². The molecule has 1 N–H and O–H groups in total. The van der Waals surface area contributed by atoms with Gasteiger partial charge in [-0.3, -0.25) is 4.57 Å². The van der Waals surface area contributed by atoms with Crippen LogP contribution in [0.2, 0.25) is 0 Å². The Bertz CT molecular complexity index is 587. The second-order valence-corrected chi connectivity index (χ2v) is 5.37. The number of hydrogen-bond acceptors (Lipinski definition) is 5. The summed E-state index contributed by atoms with van der Waals surface area (Å²) < 4.78 is 13.2. The lowest BCUT2D eigenvalue weighted by molar-refractivity contribution is -0.131. The highest BCUT2D eigenvalue weighted by Crippen LogP contribution is 2.27. The van der Waals surface area contributed by atoms with Crippen molar-refractivity contribution in [2.45, 2.75) is 38.1 Å². The molecule has 22 heavy (non-hydrogen) atoms. The fraction of sp³-hybridized carbons (Fsp3) is 0.500. The Labute approximate surface area is 130 Å². The van der Waals surface area contributed by atoms with Crippen molar-refractivity contribution in [3.63, 3.8) is 0 Å². The lowest BCUT2D eigenvalue weighted by atomic mass is 9.85. The molecule has 1 heterocycles. The van der Waals surface area contributed by atoms with Crippen molar-refractivity contribution in [2.75, 3.05) is 13.7 Å². The van der Waals surface area contributed by atoms with Crippen LogP contribution in [0.25, 0.3) is 5.69 Å². The van der Waals surface area contributed by atoms with E-state index >= 15 is 0 Å². The molecule has 0 unspecified atom stereocenters. The number of nitrogens with zero attached hydrogens (tertiary/aromatic N) is 3.